The van der Waals surface area contributed by atoms with E-state index in [1.165, 1.54) is 81.5 Å². The van der Waals surface area contributed by atoms with Crippen LogP contribution in [0.15, 0.2) is 84.9 Å². The molecule has 0 aliphatic heterocycles. The van der Waals surface area contributed by atoms with E-state index in [4.69, 9.17) is 0 Å². The van der Waals surface area contributed by atoms with Crippen molar-refractivity contribution in [1.82, 2.24) is 0 Å². The Balaban J connectivity index is 1.57. The highest BCUT2D eigenvalue weighted by molar-refractivity contribution is 7.72. The van der Waals surface area contributed by atoms with E-state index in [-0.39, 0.29) is 7.92 Å². The Morgan fingerprint density at radius 3 is 1.72 bits per heavy atom. The second-order valence-corrected chi connectivity index (χ2v) is 11.1. The number of hydrogen-bond acceptors (Lipinski definition) is 0. The van der Waals surface area contributed by atoms with Gasteiger partial charge in [0, 0.05) is 6.16 Å². The molecule has 3 aromatic rings. The highest BCUT2D eigenvalue weighted by atomic mass is 31.1. The van der Waals surface area contributed by atoms with Crippen LogP contribution in [0.3, 0.4) is 0 Å². The summed E-state index contributed by atoms with van der Waals surface area (Å²) in [5, 5.41) is 3.07. The zero-order chi connectivity index (χ0) is 22.3. The Kier molecular flexibility index (Phi) is 11.6. The fraction of sp³-hybridized carbons (Fsp3) is 0.419. The Labute approximate surface area is 198 Å². The number of rotatable bonds is 15. The molecule has 170 valence electrons. The number of aryl methyl sites for hydroxylation is 1. The molecule has 1 unspecified atom stereocenters. The fourth-order valence-electron chi connectivity index (χ4n) is 4.48. The Bertz CT molecular complexity index is 856. The van der Waals surface area contributed by atoms with Gasteiger partial charge in [0.15, 0.2) is 0 Å². The van der Waals surface area contributed by atoms with Gasteiger partial charge < -0.3 is 0 Å². The van der Waals surface area contributed by atoms with Crippen LogP contribution in [0, 0.1) is 0 Å². The lowest BCUT2D eigenvalue weighted by atomic mass is 10.0. The lowest BCUT2D eigenvalue weighted by molar-refractivity contribution is 0.556. The van der Waals surface area contributed by atoms with Gasteiger partial charge in [-0.25, -0.2) is 0 Å². The monoisotopic (exact) mass is 444 g/mol. The fourth-order valence-corrected chi connectivity index (χ4v) is 7.02. The van der Waals surface area contributed by atoms with Crippen molar-refractivity contribution in [3.63, 3.8) is 0 Å². The summed E-state index contributed by atoms with van der Waals surface area (Å²) < 4.78 is 0. The lowest BCUT2D eigenvalue weighted by Crippen LogP contribution is -2.17. The molecule has 0 aromatic heterocycles. The van der Waals surface area contributed by atoms with Gasteiger partial charge in [0.2, 0.25) is 0 Å². The molecule has 0 nitrogen and oxygen atoms in total. The molecular formula is C31H41P. The normalized spacial score (nSPS) is 12.0. The summed E-state index contributed by atoms with van der Waals surface area (Å²) in [5.41, 5.74) is 3.01. The van der Waals surface area contributed by atoms with E-state index in [2.05, 4.69) is 91.9 Å². The maximum absolute atomic E-state index is 2.40. The van der Waals surface area contributed by atoms with Crippen LogP contribution in [-0.2, 0) is 12.6 Å². The zero-order valence-corrected chi connectivity index (χ0v) is 20.9. The molecule has 0 radical (unpaired) electrons. The highest BCUT2D eigenvalue weighted by Crippen LogP contribution is 2.39. The molecule has 0 bridgehead atoms. The Morgan fingerprint density at radius 1 is 0.531 bits per heavy atom. The van der Waals surface area contributed by atoms with Crippen LogP contribution >= 0.6 is 7.92 Å². The minimum absolute atomic E-state index is 0.386. The molecule has 0 aliphatic carbocycles. The van der Waals surface area contributed by atoms with Gasteiger partial charge in [-0.2, -0.15) is 0 Å². The molecule has 0 heterocycles. The summed E-state index contributed by atoms with van der Waals surface area (Å²) in [6.07, 6.45) is 16.3. The minimum atomic E-state index is -0.386. The predicted octanol–water partition coefficient (Wildman–Crippen LogP) is 8.78. The third kappa shape index (κ3) is 8.55. The topological polar surface area (TPSA) is 0 Å². The van der Waals surface area contributed by atoms with Crippen molar-refractivity contribution < 1.29 is 0 Å². The maximum Gasteiger partial charge on any atom is 0.000753 e. The average molecular weight is 445 g/mol. The van der Waals surface area contributed by atoms with Crippen LogP contribution in [0.25, 0.3) is 0 Å². The lowest BCUT2D eigenvalue weighted by Gasteiger charge is -2.22. The van der Waals surface area contributed by atoms with Gasteiger partial charge in [0.25, 0.3) is 0 Å². The third-order valence-corrected chi connectivity index (χ3v) is 8.95. The van der Waals surface area contributed by atoms with Crippen molar-refractivity contribution in [2.45, 2.75) is 83.7 Å². The van der Waals surface area contributed by atoms with Gasteiger partial charge in [0.05, 0.1) is 0 Å². The first-order chi connectivity index (χ1) is 15.9. The first-order valence-corrected chi connectivity index (χ1v) is 14.4. The summed E-state index contributed by atoms with van der Waals surface area (Å²) in [7, 11) is -0.386. The molecule has 0 amide bonds. The molecule has 0 fully saturated rings. The Morgan fingerprint density at radius 2 is 1.06 bits per heavy atom. The number of hydrogen-bond donors (Lipinski definition) is 0. The molecule has 0 saturated carbocycles. The molecule has 1 atom stereocenters. The van der Waals surface area contributed by atoms with Gasteiger partial charge in [-0.3, -0.25) is 0 Å². The zero-order valence-electron chi connectivity index (χ0n) is 20.0. The first kappa shape index (κ1) is 24.7. The average Bonchev–Trinajstić information content (AvgIpc) is 2.85. The molecule has 0 saturated heterocycles. The summed E-state index contributed by atoms with van der Waals surface area (Å²) in [5.74, 6) is 0. The smallest absolute Gasteiger partial charge is 0.000753 e. The van der Waals surface area contributed by atoms with E-state index in [0.29, 0.717) is 0 Å². The molecule has 1 heteroatoms. The second-order valence-electron chi connectivity index (χ2n) is 8.97. The van der Waals surface area contributed by atoms with E-state index >= 15 is 0 Å². The largest absolute Gasteiger partial charge is 0.0654 e. The Hall–Kier alpha value is -1.91. The predicted molar refractivity (Wildman–Crippen MR) is 145 cm³/mol. The molecule has 0 aliphatic rings. The van der Waals surface area contributed by atoms with Gasteiger partial charge in [-0.05, 0) is 42.5 Å². The van der Waals surface area contributed by atoms with Crippen LogP contribution < -0.4 is 10.6 Å². The summed E-state index contributed by atoms with van der Waals surface area (Å²) in [4.78, 5) is 0. The third-order valence-electron chi connectivity index (χ3n) is 6.33. The van der Waals surface area contributed by atoms with Crippen molar-refractivity contribution in [3.8, 4) is 0 Å². The van der Waals surface area contributed by atoms with Gasteiger partial charge in [0.1, 0.15) is 0 Å². The van der Waals surface area contributed by atoms with Crippen molar-refractivity contribution in [2.75, 3.05) is 0 Å². The van der Waals surface area contributed by atoms with Crippen LogP contribution in [0.4, 0.5) is 0 Å². The van der Waals surface area contributed by atoms with E-state index in [1.54, 1.807) is 10.9 Å². The first-order valence-electron chi connectivity index (χ1n) is 12.8. The summed E-state index contributed by atoms with van der Waals surface area (Å²) in [6.45, 7) is 2.29. The maximum atomic E-state index is 2.40. The van der Waals surface area contributed by atoms with E-state index < -0.39 is 0 Å². The highest BCUT2D eigenvalue weighted by Gasteiger charge is 2.17. The molecule has 32 heavy (non-hydrogen) atoms. The molecule has 0 spiro atoms. The SMILES string of the molecule is CCCCCCCCCCCCc1ccccc1P(Cc1ccccc1)c1ccccc1. The van der Waals surface area contributed by atoms with Crippen LogP contribution in [0.5, 0.6) is 0 Å². The van der Waals surface area contributed by atoms with Gasteiger partial charge in [-0.1, -0.05) is 150 Å². The molecule has 3 aromatic carbocycles. The van der Waals surface area contributed by atoms with Crippen molar-refractivity contribution in [3.05, 3.63) is 96.1 Å². The number of benzene rings is 3. The van der Waals surface area contributed by atoms with Crippen molar-refractivity contribution in [2.24, 2.45) is 0 Å². The van der Waals surface area contributed by atoms with Gasteiger partial charge >= 0.3 is 0 Å². The quantitative estimate of drug-likeness (QED) is 0.162. The van der Waals surface area contributed by atoms with E-state index in [9.17, 15) is 0 Å². The van der Waals surface area contributed by atoms with Crippen LogP contribution in [0.1, 0.15) is 82.3 Å². The van der Waals surface area contributed by atoms with Crippen molar-refractivity contribution >= 4 is 18.5 Å². The number of unbranched alkanes of at least 4 members (excludes halogenated alkanes) is 9. The standard InChI is InChI=1S/C31H41P/c1-2-3-4-5-6-7-8-9-10-15-22-29-23-18-19-26-31(29)32(30-24-16-12-17-25-30)27-28-20-13-11-14-21-28/h11-14,16-21,23-26H,2-10,15,22,27H2,1H3. The molecule has 3 rings (SSSR count). The summed E-state index contributed by atoms with van der Waals surface area (Å²) in [6, 6.07) is 31.4. The summed E-state index contributed by atoms with van der Waals surface area (Å²) >= 11 is 0. The van der Waals surface area contributed by atoms with Crippen LogP contribution in [-0.4, -0.2) is 0 Å². The second kappa shape index (κ2) is 15.0. The molecule has 0 N–H and O–H groups in total. The van der Waals surface area contributed by atoms with Crippen molar-refractivity contribution in [1.29, 1.82) is 0 Å². The van der Waals surface area contributed by atoms with E-state index in [0.717, 1.165) is 6.16 Å². The van der Waals surface area contributed by atoms with Crippen LogP contribution in [0.2, 0.25) is 0 Å². The molecular weight excluding hydrogens is 403 g/mol. The minimum Gasteiger partial charge on any atom is -0.0654 e. The van der Waals surface area contributed by atoms with E-state index in [1.807, 2.05) is 0 Å². The van der Waals surface area contributed by atoms with Gasteiger partial charge in [-0.15, -0.1) is 0 Å².